The highest BCUT2D eigenvalue weighted by Crippen LogP contribution is 2.21. The third-order valence-corrected chi connectivity index (χ3v) is 4.40. The third-order valence-electron chi connectivity index (χ3n) is 4.40. The van der Waals surface area contributed by atoms with Gasteiger partial charge in [-0.05, 0) is 49.1 Å². The fourth-order valence-corrected chi connectivity index (χ4v) is 2.82. The minimum absolute atomic E-state index is 0.0935. The van der Waals surface area contributed by atoms with Gasteiger partial charge in [0, 0.05) is 23.5 Å². The molecule has 0 unspecified atom stereocenters. The van der Waals surface area contributed by atoms with Crippen molar-refractivity contribution in [3.05, 3.63) is 59.2 Å². The van der Waals surface area contributed by atoms with Crippen molar-refractivity contribution in [1.29, 1.82) is 0 Å². The van der Waals surface area contributed by atoms with Gasteiger partial charge in [-0.25, -0.2) is 0 Å². The summed E-state index contributed by atoms with van der Waals surface area (Å²) < 4.78 is 0. The van der Waals surface area contributed by atoms with E-state index in [-0.39, 0.29) is 18.4 Å². The highest BCUT2D eigenvalue weighted by molar-refractivity contribution is 5.96. The molecule has 2 aromatic carbocycles. The highest BCUT2D eigenvalue weighted by Gasteiger charge is 2.09. The lowest BCUT2D eigenvalue weighted by Gasteiger charge is -2.14. The second kappa shape index (κ2) is 10.4. The predicted octanol–water partition coefficient (Wildman–Crippen LogP) is 4.14. The largest absolute Gasteiger partial charge is 0.376 e. The summed E-state index contributed by atoms with van der Waals surface area (Å²) in [5, 5.41) is 8.98. The molecule has 3 N–H and O–H groups in total. The third kappa shape index (κ3) is 6.13. The van der Waals surface area contributed by atoms with Gasteiger partial charge in [0.25, 0.3) is 5.91 Å². The average Bonchev–Trinajstić information content (AvgIpc) is 2.68. The molecule has 27 heavy (non-hydrogen) atoms. The Bertz CT molecular complexity index is 787. The second-order valence-corrected chi connectivity index (χ2v) is 6.55. The zero-order chi connectivity index (χ0) is 19.6. The zero-order valence-corrected chi connectivity index (χ0v) is 16.4. The van der Waals surface area contributed by atoms with Gasteiger partial charge in [-0.15, -0.1) is 0 Å². The van der Waals surface area contributed by atoms with Crippen LogP contribution < -0.4 is 16.0 Å². The molecule has 5 heteroatoms. The van der Waals surface area contributed by atoms with Gasteiger partial charge in [0.05, 0.1) is 6.54 Å². The molecule has 0 spiro atoms. The van der Waals surface area contributed by atoms with Crippen LogP contribution in [0, 0.1) is 6.92 Å². The van der Waals surface area contributed by atoms with Gasteiger partial charge in [-0.1, -0.05) is 44.5 Å². The minimum Gasteiger partial charge on any atom is -0.376 e. The predicted molar refractivity (Wildman–Crippen MR) is 111 cm³/mol. The maximum absolute atomic E-state index is 12.3. The van der Waals surface area contributed by atoms with Crippen LogP contribution in [-0.2, 0) is 11.2 Å². The number of amides is 2. The van der Waals surface area contributed by atoms with E-state index >= 15 is 0 Å². The number of nitrogens with one attached hydrogen (secondary N) is 3. The number of benzene rings is 2. The van der Waals surface area contributed by atoms with Gasteiger partial charge in [0.2, 0.25) is 5.91 Å². The molecule has 2 amide bonds. The Morgan fingerprint density at radius 3 is 2.56 bits per heavy atom. The lowest BCUT2D eigenvalue weighted by Crippen LogP contribution is -2.25. The van der Waals surface area contributed by atoms with Gasteiger partial charge in [0.1, 0.15) is 0 Å². The fraction of sp³-hybridized carbons (Fsp3) is 0.364. The highest BCUT2D eigenvalue weighted by atomic mass is 16.2. The Morgan fingerprint density at radius 2 is 1.81 bits per heavy atom. The molecule has 0 heterocycles. The maximum Gasteiger partial charge on any atom is 0.251 e. The summed E-state index contributed by atoms with van der Waals surface area (Å²) in [5.74, 6) is -0.208. The summed E-state index contributed by atoms with van der Waals surface area (Å²) >= 11 is 0. The van der Waals surface area contributed by atoms with E-state index in [0.717, 1.165) is 41.8 Å². The molecule has 0 fully saturated rings. The molecule has 0 aromatic heterocycles. The first-order chi connectivity index (χ1) is 13.0. The Hall–Kier alpha value is -2.82. The molecule has 2 aromatic rings. The zero-order valence-electron chi connectivity index (χ0n) is 16.4. The SMILES string of the molecule is CCCCNC(=O)c1cccc(NCC(=O)Nc2c(C)cccc2CC)c1. The van der Waals surface area contributed by atoms with Gasteiger partial charge < -0.3 is 16.0 Å². The van der Waals surface area contributed by atoms with Crippen molar-refractivity contribution in [2.24, 2.45) is 0 Å². The summed E-state index contributed by atoms with van der Waals surface area (Å²) in [6.07, 6.45) is 2.86. The maximum atomic E-state index is 12.3. The van der Waals surface area contributed by atoms with E-state index in [1.807, 2.05) is 37.3 Å². The first kappa shape index (κ1) is 20.5. The number of carbonyl (C=O) groups excluding carboxylic acids is 2. The van der Waals surface area contributed by atoms with E-state index in [9.17, 15) is 9.59 Å². The normalized spacial score (nSPS) is 10.3. The first-order valence-corrected chi connectivity index (χ1v) is 9.55. The number of unbranched alkanes of at least 4 members (excludes halogenated alkanes) is 1. The molecular weight excluding hydrogens is 338 g/mol. The van der Waals surface area contributed by atoms with Crippen molar-refractivity contribution < 1.29 is 9.59 Å². The summed E-state index contributed by atoms with van der Waals surface area (Å²) in [7, 11) is 0. The average molecular weight is 367 g/mol. The number of anilines is 2. The van der Waals surface area contributed by atoms with E-state index in [1.54, 1.807) is 12.1 Å². The Labute approximate surface area is 161 Å². The smallest absolute Gasteiger partial charge is 0.251 e. The monoisotopic (exact) mass is 367 g/mol. The van der Waals surface area contributed by atoms with Crippen LogP contribution >= 0.6 is 0 Å². The van der Waals surface area contributed by atoms with Crippen LogP contribution in [0.25, 0.3) is 0 Å². The minimum atomic E-state index is -0.114. The topological polar surface area (TPSA) is 70.2 Å². The molecule has 0 aliphatic heterocycles. The number of rotatable bonds is 9. The molecule has 0 radical (unpaired) electrons. The summed E-state index contributed by atoms with van der Waals surface area (Å²) in [4.78, 5) is 24.5. The van der Waals surface area contributed by atoms with E-state index in [0.29, 0.717) is 12.1 Å². The molecule has 0 saturated carbocycles. The molecule has 0 bridgehead atoms. The van der Waals surface area contributed by atoms with Crippen LogP contribution in [0.3, 0.4) is 0 Å². The van der Waals surface area contributed by atoms with Crippen LogP contribution in [0.2, 0.25) is 0 Å². The van der Waals surface area contributed by atoms with Crippen LogP contribution in [0.5, 0.6) is 0 Å². The van der Waals surface area contributed by atoms with Gasteiger partial charge in [-0.2, -0.15) is 0 Å². The Balaban J connectivity index is 1.94. The van der Waals surface area contributed by atoms with Crippen molar-refractivity contribution in [2.45, 2.75) is 40.0 Å². The number of hydrogen-bond donors (Lipinski definition) is 3. The summed E-state index contributed by atoms with van der Waals surface area (Å²) in [6.45, 7) is 6.95. The molecule has 144 valence electrons. The van der Waals surface area contributed by atoms with Crippen LogP contribution in [-0.4, -0.2) is 24.9 Å². The molecule has 0 atom stereocenters. The van der Waals surface area contributed by atoms with Gasteiger partial charge in [-0.3, -0.25) is 9.59 Å². The molecule has 0 saturated heterocycles. The van der Waals surface area contributed by atoms with Crippen molar-refractivity contribution >= 4 is 23.2 Å². The van der Waals surface area contributed by atoms with E-state index < -0.39 is 0 Å². The quantitative estimate of drug-likeness (QED) is 0.584. The van der Waals surface area contributed by atoms with Crippen molar-refractivity contribution in [3.8, 4) is 0 Å². The number of carbonyl (C=O) groups is 2. The second-order valence-electron chi connectivity index (χ2n) is 6.55. The molecule has 2 rings (SSSR count). The molecule has 0 aliphatic rings. The lowest BCUT2D eigenvalue weighted by atomic mass is 10.1. The molecule has 0 aliphatic carbocycles. The van der Waals surface area contributed by atoms with Crippen molar-refractivity contribution in [3.63, 3.8) is 0 Å². The van der Waals surface area contributed by atoms with Gasteiger partial charge >= 0.3 is 0 Å². The Morgan fingerprint density at radius 1 is 1.04 bits per heavy atom. The van der Waals surface area contributed by atoms with Crippen molar-refractivity contribution in [2.75, 3.05) is 23.7 Å². The Kier molecular flexibility index (Phi) is 7.86. The van der Waals surface area contributed by atoms with Gasteiger partial charge in [0.15, 0.2) is 0 Å². The van der Waals surface area contributed by atoms with Crippen molar-refractivity contribution in [1.82, 2.24) is 5.32 Å². The fourth-order valence-electron chi connectivity index (χ4n) is 2.82. The number of para-hydroxylation sites is 1. The standard InChI is InChI=1S/C22H29N3O2/c1-4-6-13-23-22(27)18-11-8-12-19(14-18)24-15-20(26)25-21-16(3)9-7-10-17(21)5-2/h7-12,14,24H,4-6,13,15H2,1-3H3,(H,23,27)(H,25,26). The van der Waals surface area contributed by atoms with Crippen LogP contribution in [0.1, 0.15) is 48.2 Å². The van der Waals surface area contributed by atoms with E-state index in [2.05, 4.69) is 29.8 Å². The van der Waals surface area contributed by atoms with E-state index in [1.165, 1.54) is 0 Å². The summed E-state index contributed by atoms with van der Waals surface area (Å²) in [6, 6.07) is 13.2. The number of aryl methyl sites for hydroxylation is 2. The lowest BCUT2D eigenvalue weighted by molar-refractivity contribution is -0.114. The number of hydrogen-bond acceptors (Lipinski definition) is 3. The summed E-state index contributed by atoms with van der Waals surface area (Å²) in [5.41, 5.74) is 4.39. The van der Waals surface area contributed by atoms with Crippen LogP contribution in [0.4, 0.5) is 11.4 Å². The first-order valence-electron chi connectivity index (χ1n) is 9.55. The molecule has 5 nitrogen and oxygen atoms in total. The van der Waals surface area contributed by atoms with Crippen LogP contribution in [0.15, 0.2) is 42.5 Å². The van der Waals surface area contributed by atoms with E-state index in [4.69, 9.17) is 0 Å². The molecular formula is C22H29N3O2.